The molecule has 1 N–H and O–H groups in total. The van der Waals surface area contributed by atoms with Gasteiger partial charge < -0.3 is 0 Å². The molecule has 1 aliphatic rings. The van der Waals surface area contributed by atoms with Crippen LogP contribution in [-0.4, -0.2) is 10.9 Å². The van der Waals surface area contributed by atoms with Crippen LogP contribution in [0.15, 0.2) is 29.6 Å². The number of thiazole rings is 1. The number of carbonyl (C=O) groups is 1. The second-order valence-corrected chi connectivity index (χ2v) is 5.61. The molecule has 2 aromatic rings. The number of halogens is 1. The number of carbonyl (C=O) groups excluding carboxylic acids is 1. The molecule has 1 aromatic carbocycles. The number of rotatable bonds is 3. The van der Waals surface area contributed by atoms with E-state index in [1.165, 1.54) is 24.2 Å². The van der Waals surface area contributed by atoms with Gasteiger partial charge in [-0.15, -0.1) is 11.3 Å². The Bertz CT molecular complexity index is 575. The number of hydrogen-bond acceptors (Lipinski definition) is 3. The van der Waals surface area contributed by atoms with Gasteiger partial charge in [0.1, 0.15) is 0 Å². The van der Waals surface area contributed by atoms with Crippen molar-refractivity contribution in [3.05, 3.63) is 45.9 Å². The average molecular weight is 279 g/mol. The highest BCUT2D eigenvalue weighted by Gasteiger charge is 2.26. The van der Waals surface area contributed by atoms with Crippen LogP contribution in [0, 0.1) is 0 Å². The zero-order valence-electron chi connectivity index (χ0n) is 9.52. The van der Waals surface area contributed by atoms with Gasteiger partial charge in [-0.2, -0.15) is 0 Å². The third-order valence-corrected chi connectivity index (χ3v) is 3.87. The minimum absolute atomic E-state index is 0.150. The molecule has 5 heteroatoms. The van der Waals surface area contributed by atoms with Crippen molar-refractivity contribution in [2.45, 2.75) is 18.8 Å². The van der Waals surface area contributed by atoms with Gasteiger partial charge >= 0.3 is 0 Å². The van der Waals surface area contributed by atoms with Crippen molar-refractivity contribution in [2.75, 3.05) is 5.32 Å². The highest BCUT2D eigenvalue weighted by Crippen LogP contribution is 2.40. The molecular weight excluding hydrogens is 268 g/mol. The Labute approximate surface area is 114 Å². The van der Waals surface area contributed by atoms with Gasteiger partial charge in [-0.25, -0.2) is 4.98 Å². The van der Waals surface area contributed by atoms with Crippen LogP contribution in [0.1, 0.15) is 34.8 Å². The predicted octanol–water partition coefficient (Wildman–Crippen LogP) is 3.93. The van der Waals surface area contributed by atoms with Crippen LogP contribution in [0.25, 0.3) is 0 Å². The molecule has 1 amide bonds. The fourth-order valence-electron chi connectivity index (χ4n) is 1.68. The van der Waals surface area contributed by atoms with Crippen LogP contribution < -0.4 is 5.32 Å². The molecule has 0 atom stereocenters. The Hall–Kier alpha value is -1.39. The van der Waals surface area contributed by atoms with Gasteiger partial charge in [-0.1, -0.05) is 11.6 Å². The van der Waals surface area contributed by atoms with Crippen molar-refractivity contribution in [3.63, 3.8) is 0 Å². The molecular formula is C13H11ClN2OS. The lowest BCUT2D eigenvalue weighted by Crippen LogP contribution is -2.11. The first-order valence-electron chi connectivity index (χ1n) is 5.75. The first-order chi connectivity index (χ1) is 8.72. The Morgan fingerprint density at radius 2 is 2.06 bits per heavy atom. The lowest BCUT2D eigenvalue weighted by atomic mass is 10.2. The lowest BCUT2D eigenvalue weighted by molar-refractivity contribution is 0.102. The van der Waals surface area contributed by atoms with E-state index in [9.17, 15) is 4.79 Å². The molecule has 92 valence electrons. The lowest BCUT2D eigenvalue weighted by Gasteiger charge is -2.01. The van der Waals surface area contributed by atoms with E-state index < -0.39 is 0 Å². The smallest absolute Gasteiger partial charge is 0.257 e. The molecule has 1 saturated carbocycles. The van der Waals surface area contributed by atoms with E-state index in [1.54, 1.807) is 24.3 Å². The molecule has 0 aliphatic heterocycles. The second-order valence-electron chi connectivity index (χ2n) is 4.31. The van der Waals surface area contributed by atoms with Crippen molar-refractivity contribution >= 4 is 34.0 Å². The summed E-state index contributed by atoms with van der Waals surface area (Å²) in [5.74, 6) is 0.464. The quantitative estimate of drug-likeness (QED) is 0.924. The van der Waals surface area contributed by atoms with Crippen molar-refractivity contribution in [3.8, 4) is 0 Å². The van der Waals surface area contributed by atoms with E-state index in [0.29, 0.717) is 21.6 Å². The third kappa shape index (κ3) is 2.54. The molecule has 0 bridgehead atoms. The van der Waals surface area contributed by atoms with E-state index in [-0.39, 0.29) is 5.91 Å². The first kappa shape index (κ1) is 11.7. The second kappa shape index (κ2) is 4.71. The zero-order valence-corrected chi connectivity index (χ0v) is 11.1. The SMILES string of the molecule is O=C(Nc1nc(C2CC2)cs1)c1ccc(Cl)cc1. The number of benzene rings is 1. The van der Waals surface area contributed by atoms with Crippen molar-refractivity contribution in [1.82, 2.24) is 4.98 Å². The summed E-state index contributed by atoms with van der Waals surface area (Å²) >= 11 is 7.25. The number of hydrogen-bond donors (Lipinski definition) is 1. The van der Waals surface area contributed by atoms with Gasteiger partial charge in [-0.05, 0) is 37.1 Å². The van der Waals surface area contributed by atoms with E-state index in [4.69, 9.17) is 11.6 Å². The van der Waals surface area contributed by atoms with Gasteiger partial charge in [-0.3, -0.25) is 10.1 Å². The molecule has 1 fully saturated rings. The number of nitrogens with zero attached hydrogens (tertiary/aromatic N) is 1. The molecule has 1 heterocycles. The standard InChI is InChI=1S/C13H11ClN2OS/c14-10-5-3-9(4-6-10)12(17)16-13-15-11(7-18-13)8-1-2-8/h3-8H,1-2H2,(H,15,16,17). The van der Waals surface area contributed by atoms with Crippen molar-refractivity contribution < 1.29 is 4.79 Å². The molecule has 3 rings (SSSR count). The number of amides is 1. The van der Waals surface area contributed by atoms with Crippen LogP contribution >= 0.6 is 22.9 Å². The number of nitrogens with one attached hydrogen (secondary N) is 1. The molecule has 0 radical (unpaired) electrons. The van der Waals surface area contributed by atoms with Crippen LogP contribution in [0.2, 0.25) is 5.02 Å². The summed E-state index contributed by atoms with van der Waals surface area (Å²) < 4.78 is 0. The number of aromatic nitrogens is 1. The van der Waals surface area contributed by atoms with E-state index in [2.05, 4.69) is 10.3 Å². The minimum Gasteiger partial charge on any atom is -0.298 e. The van der Waals surface area contributed by atoms with Gasteiger partial charge in [0.15, 0.2) is 5.13 Å². The molecule has 0 spiro atoms. The fraction of sp³-hybridized carbons (Fsp3) is 0.231. The highest BCUT2D eigenvalue weighted by molar-refractivity contribution is 7.14. The van der Waals surface area contributed by atoms with Gasteiger partial charge in [0.05, 0.1) is 5.69 Å². The third-order valence-electron chi connectivity index (χ3n) is 2.84. The summed E-state index contributed by atoms with van der Waals surface area (Å²) in [5, 5.41) is 6.11. The van der Waals surface area contributed by atoms with Crippen molar-refractivity contribution in [2.24, 2.45) is 0 Å². The predicted molar refractivity (Wildman–Crippen MR) is 73.5 cm³/mol. The normalized spacial score (nSPS) is 14.5. The summed E-state index contributed by atoms with van der Waals surface area (Å²) in [6.07, 6.45) is 2.43. The topological polar surface area (TPSA) is 42.0 Å². The average Bonchev–Trinajstić information content (AvgIpc) is 3.11. The summed E-state index contributed by atoms with van der Waals surface area (Å²) in [5.41, 5.74) is 1.69. The maximum Gasteiger partial charge on any atom is 0.257 e. The monoisotopic (exact) mass is 278 g/mol. The summed E-state index contributed by atoms with van der Waals surface area (Å²) in [6.45, 7) is 0. The van der Waals surface area contributed by atoms with Crippen LogP contribution in [0.5, 0.6) is 0 Å². The first-order valence-corrected chi connectivity index (χ1v) is 7.00. The van der Waals surface area contributed by atoms with Crippen LogP contribution in [0.3, 0.4) is 0 Å². The summed E-state index contributed by atoms with van der Waals surface area (Å²) in [4.78, 5) is 16.3. The maximum absolute atomic E-state index is 11.9. The van der Waals surface area contributed by atoms with Gasteiger partial charge in [0, 0.05) is 21.9 Å². The van der Waals surface area contributed by atoms with E-state index in [1.807, 2.05) is 5.38 Å². The molecule has 3 nitrogen and oxygen atoms in total. The highest BCUT2D eigenvalue weighted by atomic mass is 35.5. The minimum atomic E-state index is -0.150. The molecule has 0 saturated heterocycles. The molecule has 1 aromatic heterocycles. The number of anilines is 1. The van der Waals surface area contributed by atoms with Gasteiger partial charge in [0.2, 0.25) is 0 Å². The molecule has 18 heavy (non-hydrogen) atoms. The Morgan fingerprint density at radius 1 is 1.33 bits per heavy atom. The van der Waals surface area contributed by atoms with Gasteiger partial charge in [0.25, 0.3) is 5.91 Å². The zero-order chi connectivity index (χ0) is 12.5. The Kier molecular flexibility index (Phi) is 3.06. The fourth-order valence-corrected chi connectivity index (χ4v) is 2.59. The van der Waals surface area contributed by atoms with Crippen LogP contribution in [0.4, 0.5) is 5.13 Å². The van der Waals surface area contributed by atoms with E-state index >= 15 is 0 Å². The Morgan fingerprint density at radius 3 is 2.72 bits per heavy atom. The molecule has 0 unspecified atom stereocenters. The molecule has 1 aliphatic carbocycles. The van der Waals surface area contributed by atoms with E-state index in [0.717, 1.165) is 5.69 Å². The Balaban J connectivity index is 1.70. The summed E-state index contributed by atoms with van der Waals surface area (Å²) in [6, 6.07) is 6.81. The maximum atomic E-state index is 11.9. The largest absolute Gasteiger partial charge is 0.298 e. The van der Waals surface area contributed by atoms with Crippen molar-refractivity contribution in [1.29, 1.82) is 0 Å². The summed E-state index contributed by atoms with van der Waals surface area (Å²) in [7, 11) is 0. The van der Waals surface area contributed by atoms with Crippen LogP contribution in [-0.2, 0) is 0 Å².